The lowest BCUT2D eigenvalue weighted by molar-refractivity contribution is -0.124. The molecule has 0 aromatic heterocycles. The van der Waals surface area contributed by atoms with Crippen molar-refractivity contribution < 1.29 is 27.1 Å². The molecule has 1 atom stereocenters. The van der Waals surface area contributed by atoms with Gasteiger partial charge in [0.05, 0.1) is 10.5 Å². The SMILES string of the molecule is CC1CCCCN1S(=O)(=O)c1ccc(C(=O)OCC(=O)NCc2ccccc2F)cc1. The molecule has 1 amide bonds. The van der Waals surface area contributed by atoms with Crippen molar-refractivity contribution in [1.82, 2.24) is 9.62 Å². The van der Waals surface area contributed by atoms with Gasteiger partial charge in [-0.05, 0) is 50.1 Å². The fourth-order valence-corrected chi connectivity index (χ4v) is 5.13. The molecule has 3 rings (SSSR count). The molecule has 31 heavy (non-hydrogen) atoms. The van der Waals surface area contributed by atoms with E-state index in [2.05, 4.69) is 5.32 Å². The lowest BCUT2D eigenvalue weighted by Gasteiger charge is -2.32. The first-order valence-corrected chi connectivity index (χ1v) is 11.5. The largest absolute Gasteiger partial charge is 0.452 e. The standard InChI is InChI=1S/C22H25FN2O5S/c1-16-6-4-5-13-25(16)31(28,29)19-11-9-17(10-12-19)22(27)30-15-21(26)24-14-18-7-2-3-8-20(18)23/h2-3,7-12,16H,4-6,13-15H2,1H3,(H,24,26). The van der Waals surface area contributed by atoms with Crippen LogP contribution in [0.5, 0.6) is 0 Å². The van der Waals surface area contributed by atoms with Crippen molar-refractivity contribution in [3.63, 3.8) is 0 Å². The van der Waals surface area contributed by atoms with Crippen molar-refractivity contribution in [3.8, 4) is 0 Å². The quantitative estimate of drug-likeness (QED) is 0.658. The summed E-state index contributed by atoms with van der Waals surface area (Å²) in [5.74, 6) is -1.76. The van der Waals surface area contributed by atoms with Gasteiger partial charge in [0.2, 0.25) is 10.0 Å². The fourth-order valence-electron chi connectivity index (χ4n) is 3.43. The topological polar surface area (TPSA) is 92.8 Å². The average molecular weight is 449 g/mol. The number of hydrogen-bond acceptors (Lipinski definition) is 5. The molecule has 1 aliphatic heterocycles. The van der Waals surface area contributed by atoms with E-state index in [4.69, 9.17) is 4.74 Å². The molecule has 0 saturated carbocycles. The van der Waals surface area contributed by atoms with E-state index < -0.39 is 34.3 Å². The molecule has 1 aliphatic rings. The number of carbonyl (C=O) groups excluding carboxylic acids is 2. The summed E-state index contributed by atoms with van der Waals surface area (Å²) in [6.07, 6.45) is 2.65. The van der Waals surface area contributed by atoms with Gasteiger partial charge in [0.25, 0.3) is 5.91 Å². The van der Waals surface area contributed by atoms with Gasteiger partial charge in [0, 0.05) is 24.7 Å². The van der Waals surface area contributed by atoms with Gasteiger partial charge in [-0.1, -0.05) is 24.6 Å². The molecule has 1 fully saturated rings. The number of nitrogens with one attached hydrogen (secondary N) is 1. The number of amides is 1. The number of halogens is 1. The van der Waals surface area contributed by atoms with Gasteiger partial charge >= 0.3 is 5.97 Å². The molecule has 0 bridgehead atoms. The average Bonchev–Trinajstić information content (AvgIpc) is 2.77. The highest BCUT2D eigenvalue weighted by Crippen LogP contribution is 2.25. The molecular weight excluding hydrogens is 423 g/mol. The smallest absolute Gasteiger partial charge is 0.338 e. The second-order valence-corrected chi connectivity index (χ2v) is 9.32. The van der Waals surface area contributed by atoms with Crippen LogP contribution < -0.4 is 5.32 Å². The third-order valence-electron chi connectivity index (χ3n) is 5.21. The summed E-state index contributed by atoms with van der Waals surface area (Å²) in [5, 5.41) is 2.48. The molecule has 9 heteroatoms. The molecule has 2 aromatic rings. The Kier molecular flexibility index (Phi) is 7.40. The summed E-state index contributed by atoms with van der Waals surface area (Å²) in [4.78, 5) is 24.1. The van der Waals surface area contributed by atoms with E-state index in [-0.39, 0.29) is 23.0 Å². The van der Waals surface area contributed by atoms with E-state index in [1.807, 2.05) is 6.92 Å². The first kappa shape index (κ1) is 22.9. The van der Waals surface area contributed by atoms with E-state index >= 15 is 0 Å². The van der Waals surface area contributed by atoms with Gasteiger partial charge in [-0.15, -0.1) is 0 Å². The maximum atomic E-state index is 13.5. The third kappa shape index (κ3) is 5.68. The molecule has 7 nitrogen and oxygen atoms in total. The van der Waals surface area contributed by atoms with Crippen LogP contribution in [0.25, 0.3) is 0 Å². The van der Waals surface area contributed by atoms with E-state index in [9.17, 15) is 22.4 Å². The van der Waals surface area contributed by atoms with Gasteiger partial charge in [-0.3, -0.25) is 4.79 Å². The highest BCUT2D eigenvalue weighted by molar-refractivity contribution is 7.89. The fraction of sp³-hybridized carbons (Fsp3) is 0.364. The third-order valence-corrected chi connectivity index (χ3v) is 7.23. The number of carbonyl (C=O) groups is 2. The molecule has 1 saturated heterocycles. The minimum Gasteiger partial charge on any atom is -0.452 e. The summed E-state index contributed by atoms with van der Waals surface area (Å²) in [6, 6.07) is 11.4. The molecule has 0 spiro atoms. The molecular formula is C22H25FN2O5S. The Balaban J connectivity index is 1.54. The maximum Gasteiger partial charge on any atom is 0.338 e. The molecule has 1 N–H and O–H groups in total. The number of esters is 1. The molecule has 1 heterocycles. The molecule has 2 aromatic carbocycles. The van der Waals surface area contributed by atoms with E-state index in [0.717, 1.165) is 19.3 Å². The van der Waals surface area contributed by atoms with Crippen molar-refractivity contribution in [3.05, 3.63) is 65.5 Å². The zero-order chi connectivity index (χ0) is 22.4. The van der Waals surface area contributed by atoms with Crippen LogP contribution in [0, 0.1) is 5.82 Å². The van der Waals surface area contributed by atoms with E-state index in [1.54, 1.807) is 18.2 Å². The van der Waals surface area contributed by atoms with Gasteiger partial charge in [0.15, 0.2) is 6.61 Å². The number of piperidine rings is 1. The van der Waals surface area contributed by atoms with Crippen LogP contribution in [-0.4, -0.2) is 43.8 Å². The first-order chi connectivity index (χ1) is 14.8. The molecule has 0 radical (unpaired) electrons. The predicted molar refractivity (Wildman–Crippen MR) is 112 cm³/mol. The predicted octanol–water partition coefficient (Wildman–Crippen LogP) is 2.86. The van der Waals surface area contributed by atoms with Gasteiger partial charge in [0.1, 0.15) is 5.82 Å². The highest BCUT2D eigenvalue weighted by Gasteiger charge is 2.31. The van der Waals surface area contributed by atoms with Gasteiger partial charge in [-0.2, -0.15) is 4.31 Å². The van der Waals surface area contributed by atoms with Crippen LogP contribution in [0.1, 0.15) is 42.1 Å². The lowest BCUT2D eigenvalue weighted by Crippen LogP contribution is -2.41. The molecule has 0 aliphatic carbocycles. The summed E-state index contributed by atoms with van der Waals surface area (Å²) in [6.45, 7) is 1.82. The normalized spacial score (nSPS) is 17.2. The second-order valence-electron chi connectivity index (χ2n) is 7.43. The Morgan fingerprint density at radius 3 is 2.52 bits per heavy atom. The van der Waals surface area contributed by atoms with Crippen molar-refractivity contribution in [2.45, 2.75) is 43.7 Å². The van der Waals surface area contributed by atoms with Crippen molar-refractivity contribution >= 4 is 21.9 Å². The Hall–Kier alpha value is -2.78. The number of sulfonamides is 1. The lowest BCUT2D eigenvalue weighted by atomic mass is 10.1. The summed E-state index contributed by atoms with van der Waals surface area (Å²) >= 11 is 0. The van der Waals surface area contributed by atoms with Crippen LogP contribution in [0.15, 0.2) is 53.4 Å². The number of hydrogen-bond donors (Lipinski definition) is 1. The molecule has 1 unspecified atom stereocenters. The van der Waals surface area contributed by atoms with Crippen molar-refractivity contribution in [1.29, 1.82) is 0 Å². The van der Waals surface area contributed by atoms with Gasteiger partial charge < -0.3 is 10.1 Å². The van der Waals surface area contributed by atoms with Crippen molar-refractivity contribution in [2.75, 3.05) is 13.2 Å². The van der Waals surface area contributed by atoms with E-state index in [1.165, 1.54) is 34.6 Å². The minimum atomic E-state index is -3.63. The number of nitrogens with zero attached hydrogens (tertiary/aromatic N) is 1. The summed E-state index contributed by atoms with van der Waals surface area (Å²) in [7, 11) is -3.63. The van der Waals surface area contributed by atoms with Gasteiger partial charge in [-0.25, -0.2) is 17.6 Å². The zero-order valence-corrected chi connectivity index (χ0v) is 18.0. The Morgan fingerprint density at radius 1 is 1.13 bits per heavy atom. The van der Waals surface area contributed by atoms with Crippen molar-refractivity contribution in [2.24, 2.45) is 0 Å². The monoisotopic (exact) mass is 448 g/mol. The number of benzene rings is 2. The van der Waals surface area contributed by atoms with Crippen LogP contribution >= 0.6 is 0 Å². The van der Waals surface area contributed by atoms with Crippen LogP contribution in [0.3, 0.4) is 0 Å². The summed E-state index contributed by atoms with van der Waals surface area (Å²) < 4.78 is 45.7. The highest BCUT2D eigenvalue weighted by atomic mass is 32.2. The zero-order valence-electron chi connectivity index (χ0n) is 17.2. The van der Waals surface area contributed by atoms with Crippen LogP contribution in [-0.2, 0) is 26.1 Å². The Morgan fingerprint density at radius 2 is 1.84 bits per heavy atom. The Labute approximate surface area is 181 Å². The van der Waals surface area contributed by atoms with E-state index in [0.29, 0.717) is 12.1 Å². The Bertz CT molecular complexity index is 1040. The minimum absolute atomic E-state index is 0.0233. The first-order valence-electron chi connectivity index (χ1n) is 10.1. The number of rotatable bonds is 7. The maximum absolute atomic E-state index is 13.5. The summed E-state index contributed by atoms with van der Waals surface area (Å²) in [5.41, 5.74) is 0.453. The molecule has 166 valence electrons. The van der Waals surface area contributed by atoms with Crippen LogP contribution in [0.4, 0.5) is 4.39 Å². The van der Waals surface area contributed by atoms with Crippen LogP contribution in [0.2, 0.25) is 0 Å². The number of ether oxygens (including phenoxy) is 1. The second kappa shape index (κ2) is 10.0.